The Hall–Kier alpha value is -6.19. The number of rotatable bonds is 7. The van der Waals surface area contributed by atoms with Crippen molar-refractivity contribution >= 4 is 55.7 Å². The lowest BCUT2D eigenvalue weighted by molar-refractivity contribution is 0.102. The van der Waals surface area contributed by atoms with Crippen molar-refractivity contribution in [3.05, 3.63) is 193 Å². The second-order valence-electron chi connectivity index (χ2n) is 11.4. The van der Waals surface area contributed by atoms with Crippen LogP contribution in [0.1, 0.15) is 20.7 Å². The van der Waals surface area contributed by atoms with E-state index in [1.165, 1.54) is 22.7 Å². The number of nitrogens with zero attached hydrogens (tertiary/aromatic N) is 2. The smallest absolute Gasteiger partial charge is 0.257 e. The normalized spacial score (nSPS) is 10.2. The van der Waals surface area contributed by atoms with Gasteiger partial charge in [0, 0.05) is 22.3 Å². The number of anilines is 2. The van der Waals surface area contributed by atoms with E-state index >= 15 is 0 Å². The number of nitrogens with one attached hydrogen (secondary N) is 1. The van der Waals surface area contributed by atoms with Gasteiger partial charge >= 0.3 is 0 Å². The van der Waals surface area contributed by atoms with Crippen LogP contribution in [0.4, 0.5) is 10.3 Å². The van der Waals surface area contributed by atoms with Crippen molar-refractivity contribution in [2.75, 3.05) is 11.1 Å². The first kappa shape index (κ1) is 36.6. The van der Waals surface area contributed by atoms with Crippen molar-refractivity contribution in [1.82, 2.24) is 9.97 Å². The van der Waals surface area contributed by atoms with Gasteiger partial charge in [-0.2, -0.15) is 0 Å². The zero-order valence-corrected chi connectivity index (χ0v) is 30.7. The third-order valence-corrected chi connectivity index (χ3v) is 9.87. The van der Waals surface area contributed by atoms with E-state index in [9.17, 15) is 9.59 Å². The number of aromatic nitrogens is 2. The molecular formula is C44H33ClN4O2S2. The first-order valence-electron chi connectivity index (χ1n) is 16.6. The Balaban J connectivity index is 0.000000153. The predicted octanol–water partition coefficient (Wildman–Crippen LogP) is 11.9. The van der Waals surface area contributed by atoms with Gasteiger partial charge in [-0.15, -0.1) is 0 Å². The van der Waals surface area contributed by atoms with E-state index in [1.807, 2.05) is 109 Å². The number of carbonyl (C=O) groups is 2. The third kappa shape index (κ3) is 9.99. The molecule has 0 radical (unpaired) electrons. The number of nitrogen functional groups attached to an aromatic ring is 1. The minimum atomic E-state index is -0.407. The topological polar surface area (TPSA) is 98.0 Å². The van der Waals surface area contributed by atoms with E-state index < -0.39 is 5.24 Å². The zero-order valence-electron chi connectivity index (χ0n) is 28.3. The fraction of sp³-hybridized carbons (Fsp3) is 0. The molecule has 6 nitrogen and oxygen atoms in total. The SMILES string of the molecule is Nc1nc(-c2ccccc2)c(-c2ccccc2)s1.O=C(Cl)c1ccccc1.O=C(Nc1nc(-c2ccccc2)c(-c2ccccc2)s1)c1ccccc1. The molecule has 8 aromatic rings. The van der Waals surface area contributed by atoms with Gasteiger partial charge in [-0.1, -0.05) is 193 Å². The minimum absolute atomic E-state index is 0.154. The molecule has 0 spiro atoms. The summed E-state index contributed by atoms with van der Waals surface area (Å²) >= 11 is 8.18. The Labute approximate surface area is 321 Å². The van der Waals surface area contributed by atoms with Gasteiger partial charge in [0.25, 0.3) is 11.1 Å². The first-order chi connectivity index (χ1) is 26.0. The van der Waals surface area contributed by atoms with Crippen molar-refractivity contribution in [1.29, 1.82) is 0 Å². The van der Waals surface area contributed by atoms with Gasteiger partial charge in [0.15, 0.2) is 10.3 Å². The van der Waals surface area contributed by atoms with E-state index in [0.717, 1.165) is 43.4 Å². The molecule has 0 aliphatic carbocycles. The van der Waals surface area contributed by atoms with Gasteiger partial charge < -0.3 is 5.73 Å². The molecule has 8 rings (SSSR count). The Bertz CT molecular complexity index is 2240. The number of thiazole rings is 2. The summed E-state index contributed by atoms with van der Waals surface area (Å²) in [5.74, 6) is -0.154. The number of amides is 1. The Morgan fingerprint density at radius 3 is 1.25 bits per heavy atom. The molecule has 1 amide bonds. The van der Waals surface area contributed by atoms with Gasteiger partial charge in [0.2, 0.25) is 0 Å². The fourth-order valence-corrected chi connectivity index (χ4v) is 7.17. The summed E-state index contributed by atoms with van der Waals surface area (Å²) in [5, 5.41) is 3.72. The van der Waals surface area contributed by atoms with Crippen molar-refractivity contribution in [3.63, 3.8) is 0 Å². The monoisotopic (exact) mass is 748 g/mol. The van der Waals surface area contributed by atoms with Crippen LogP contribution in [0, 0.1) is 0 Å². The lowest BCUT2D eigenvalue weighted by Gasteiger charge is -2.02. The second-order valence-corrected chi connectivity index (χ2v) is 13.7. The highest BCUT2D eigenvalue weighted by atomic mass is 35.5. The molecular weight excluding hydrogens is 716 g/mol. The maximum Gasteiger partial charge on any atom is 0.257 e. The van der Waals surface area contributed by atoms with Crippen molar-refractivity contribution in [3.8, 4) is 43.4 Å². The molecule has 6 aromatic carbocycles. The van der Waals surface area contributed by atoms with E-state index in [1.54, 1.807) is 36.4 Å². The largest absolute Gasteiger partial charge is 0.375 e. The van der Waals surface area contributed by atoms with E-state index in [-0.39, 0.29) is 5.91 Å². The molecule has 0 saturated heterocycles. The number of nitrogens with two attached hydrogens (primary N) is 1. The molecule has 0 saturated carbocycles. The fourth-order valence-electron chi connectivity index (χ4n) is 5.19. The maximum absolute atomic E-state index is 12.5. The summed E-state index contributed by atoms with van der Waals surface area (Å²) in [6, 6.07) is 58.4. The van der Waals surface area contributed by atoms with Crippen molar-refractivity contribution in [2.45, 2.75) is 0 Å². The lowest BCUT2D eigenvalue weighted by atomic mass is 10.1. The van der Waals surface area contributed by atoms with Crippen LogP contribution < -0.4 is 11.1 Å². The molecule has 0 fully saturated rings. The van der Waals surface area contributed by atoms with Gasteiger partial charge in [-0.25, -0.2) is 9.97 Å². The Morgan fingerprint density at radius 2 is 0.830 bits per heavy atom. The van der Waals surface area contributed by atoms with E-state index in [0.29, 0.717) is 21.4 Å². The summed E-state index contributed by atoms with van der Waals surface area (Å²) in [5.41, 5.74) is 13.2. The quantitative estimate of drug-likeness (QED) is 0.158. The van der Waals surface area contributed by atoms with Crippen LogP contribution >= 0.6 is 34.3 Å². The highest BCUT2D eigenvalue weighted by molar-refractivity contribution is 7.19. The van der Waals surface area contributed by atoms with Crippen molar-refractivity contribution < 1.29 is 9.59 Å². The maximum atomic E-state index is 12.5. The molecule has 2 heterocycles. The first-order valence-corrected chi connectivity index (χ1v) is 18.6. The van der Waals surface area contributed by atoms with Crippen LogP contribution in [-0.2, 0) is 0 Å². The van der Waals surface area contributed by atoms with Crippen LogP contribution in [0.3, 0.4) is 0 Å². The van der Waals surface area contributed by atoms with Crippen LogP contribution in [0.15, 0.2) is 182 Å². The van der Waals surface area contributed by atoms with Crippen molar-refractivity contribution in [2.24, 2.45) is 0 Å². The highest BCUT2D eigenvalue weighted by Gasteiger charge is 2.17. The van der Waals surface area contributed by atoms with Crippen LogP contribution in [-0.4, -0.2) is 21.1 Å². The van der Waals surface area contributed by atoms with Crippen LogP contribution in [0.2, 0.25) is 0 Å². The summed E-state index contributed by atoms with van der Waals surface area (Å²) < 4.78 is 0. The number of halogens is 1. The Morgan fingerprint density at radius 1 is 0.472 bits per heavy atom. The lowest BCUT2D eigenvalue weighted by Crippen LogP contribution is -2.11. The number of carbonyl (C=O) groups excluding carboxylic acids is 2. The molecule has 260 valence electrons. The summed E-state index contributed by atoms with van der Waals surface area (Å²) in [6.07, 6.45) is 0. The molecule has 0 unspecified atom stereocenters. The highest BCUT2D eigenvalue weighted by Crippen LogP contribution is 2.39. The van der Waals surface area contributed by atoms with Gasteiger partial charge in [-0.3, -0.25) is 14.9 Å². The summed E-state index contributed by atoms with van der Waals surface area (Å²) in [6.45, 7) is 0. The average molecular weight is 749 g/mol. The summed E-state index contributed by atoms with van der Waals surface area (Å²) in [7, 11) is 0. The van der Waals surface area contributed by atoms with Gasteiger partial charge in [0.05, 0.1) is 21.1 Å². The molecule has 3 N–H and O–H groups in total. The minimum Gasteiger partial charge on any atom is -0.375 e. The average Bonchev–Trinajstić information content (AvgIpc) is 3.84. The zero-order chi connectivity index (χ0) is 36.8. The number of hydrogen-bond donors (Lipinski definition) is 2. The number of hydrogen-bond acceptors (Lipinski definition) is 7. The van der Waals surface area contributed by atoms with E-state index in [2.05, 4.69) is 46.7 Å². The molecule has 0 bridgehead atoms. The van der Waals surface area contributed by atoms with Crippen LogP contribution in [0.5, 0.6) is 0 Å². The van der Waals surface area contributed by atoms with Gasteiger partial charge in [-0.05, 0) is 34.9 Å². The van der Waals surface area contributed by atoms with Gasteiger partial charge in [0.1, 0.15) is 0 Å². The van der Waals surface area contributed by atoms with E-state index in [4.69, 9.17) is 22.3 Å². The third-order valence-electron chi connectivity index (χ3n) is 7.69. The number of benzene rings is 6. The molecule has 9 heteroatoms. The Kier molecular flexibility index (Phi) is 12.7. The standard InChI is InChI=1S/C22H16N2OS.C15H12N2S.C7H5ClO/c25-21(18-14-8-3-9-15-18)24-22-23-19(16-10-4-1-5-11-16)20(26-22)17-12-6-2-7-13-17;16-15-17-13(11-7-3-1-4-8-11)14(18-15)12-9-5-2-6-10-12;8-7(9)6-4-2-1-3-5-6/h1-15H,(H,23,24,25);1-10H,(H2,16,17);1-5H. The molecule has 2 aromatic heterocycles. The molecule has 0 atom stereocenters. The second kappa shape index (κ2) is 18.3. The van der Waals surface area contributed by atoms with Crippen LogP contribution in [0.25, 0.3) is 43.4 Å². The predicted molar refractivity (Wildman–Crippen MR) is 221 cm³/mol. The molecule has 53 heavy (non-hydrogen) atoms. The summed E-state index contributed by atoms with van der Waals surface area (Å²) in [4.78, 5) is 34.2. The molecule has 0 aliphatic rings. The molecule has 0 aliphatic heterocycles.